The quantitative estimate of drug-likeness (QED) is 0.377. The number of hydrogen-bond acceptors (Lipinski definition) is 3. The van der Waals surface area contributed by atoms with E-state index < -0.39 is 11.8 Å². The molecule has 1 heterocycles. The Labute approximate surface area is 193 Å². The van der Waals surface area contributed by atoms with Gasteiger partial charge in [0.2, 0.25) is 0 Å². The number of benzene rings is 3. The van der Waals surface area contributed by atoms with Crippen LogP contribution in [0.2, 0.25) is 5.02 Å². The first-order valence-electron chi connectivity index (χ1n) is 9.52. The fourth-order valence-electron chi connectivity index (χ4n) is 3.24. The predicted octanol–water partition coefficient (Wildman–Crippen LogP) is 5.45. The van der Waals surface area contributed by atoms with E-state index in [4.69, 9.17) is 16.3 Å². The number of amides is 2. The van der Waals surface area contributed by atoms with Crippen LogP contribution in [0.5, 0.6) is 5.75 Å². The molecule has 7 heteroatoms. The maximum absolute atomic E-state index is 12.7. The summed E-state index contributed by atoms with van der Waals surface area (Å²) in [6.45, 7) is 2.39. The highest BCUT2D eigenvalue weighted by atomic mass is 79.9. The highest BCUT2D eigenvalue weighted by molar-refractivity contribution is 9.10. The van der Waals surface area contributed by atoms with Crippen molar-refractivity contribution in [2.45, 2.75) is 13.5 Å². The molecule has 0 aliphatic carbocycles. The lowest BCUT2D eigenvalue weighted by molar-refractivity contribution is -0.117. The Balaban J connectivity index is 1.56. The number of halogens is 2. The van der Waals surface area contributed by atoms with Gasteiger partial charge in [0.15, 0.2) is 5.75 Å². The van der Waals surface area contributed by atoms with Gasteiger partial charge in [-0.1, -0.05) is 59.6 Å². The monoisotopic (exact) mass is 496 g/mol. The molecule has 3 aromatic rings. The van der Waals surface area contributed by atoms with E-state index in [2.05, 4.69) is 21.4 Å². The number of hydrazine groups is 1. The van der Waals surface area contributed by atoms with E-state index in [0.717, 1.165) is 11.1 Å². The van der Waals surface area contributed by atoms with E-state index in [0.29, 0.717) is 33.1 Å². The molecule has 156 valence electrons. The number of nitrogens with one attached hydrogen (secondary N) is 1. The number of carbonyl (C=O) groups excluding carboxylic acids is 2. The molecule has 3 aromatic carbocycles. The average molecular weight is 498 g/mol. The minimum absolute atomic E-state index is 0.0280. The minimum Gasteiger partial charge on any atom is -0.486 e. The molecule has 1 aliphatic heterocycles. The summed E-state index contributed by atoms with van der Waals surface area (Å²) in [7, 11) is 0. The van der Waals surface area contributed by atoms with E-state index in [-0.39, 0.29) is 5.57 Å². The molecule has 0 unspecified atom stereocenters. The number of rotatable bonds is 5. The van der Waals surface area contributed by atoms with Crippen LogP contribution in [0.4, 0.5) is 5.69 Å². The molecule has 0 spiro atoms. The summed E-state index contributed by atoms with van der Waals surface area (Å²) in [4.78, 5) is 25.1. The van der Waals surface area contributed by atoms with Crippen LogP contribution < -0.4 is 15.2 Å². The number of nitrogens with zero attached hydrogens (tertiary/aromatic N) is 1. The van der Waals surface area contributed by atoms with Crippen molar-refractivity contribution in [1.82, 2.24) is 5.43 Å². The normalized spacial score (nSPS) is 14.8. The van der Waals surface area contributed by atoms with Crippen molar-refractivity contribution in [2.75, 3.05) is 5.01 Å². The van der Waals surface area contributed by atoms with Gasteiger partial charge >= 0.3 is 0 Å². The van der Waals surface area contributed by atoms with Gasteiger partial charge in [-0.3, -0.25) is 15.0 Å². The zero-order valence-corrected chi connectivity index (χ0v) is 18.9. The van der Waals surface area contributed by atoms with E-state index in [1.807, 2.05) is 37.3 Å². The molecule has 1 N–H and O–H groups in total. The van der Waals surface area contributed by atoms with Crippen molar-refractivity contribution >= 4 is 51.1 Å². The molecule has 0 aromatic heterocycles. The summed E-state index contributed by atoms with van der Waals surface area (Å²) in [5, 5.41) is 1.60. The van der Waals surface area contributed by atoms with Gasteiger partial charge in [-0.05, 0) is 64.3 Å². The largest absolute Gasteiger partial charge is 0.486 e. The Morgan fingerprint density at radius 2 is 1.84 bits per heavy atom. The third-order valence-corrected chi connectivity index (χ3v) is 5.57. The molecule has 31 heavy (non-hydrogen) atoms. The van der Waals surface area contributed by atoms with E-state index in [9.17, 15) is 9.59 Å². The van der Waals surface area contributed by atoms with Crippen LogP contribution in [0.15, 0.2) is 76.8 Å². The van der Waals surface area contributed by atoms with Crippen LogP contribution in [0.3, 0.4) is 0 Å². The number of carbonyl (C=O) groups is 2. The highest BCUT2D eigenvalue weighted by Gasteiger charge is 2.34. The summed E-state index contributed by atoms with van der Waals surface area (Å²) in [6.07, 6.45) is 1.52. The van der Waals surface area contributed by atoms with Crippen molar-refractivity contribution in [3.63, 3.8) is 0 Å². The predicted molar refractivity (Wildman–Crippen MR) is 125 cm³/mol. The first kappa shape index (κ1) is 21.2. The molecule has 0 saturated carbocycles. The third-order valence-electron chi connectivity index (χ3n) is 4.70. The SMILES string of the molecule is Cc1cccc(COc2c(Cl)cc(/C=C3/C(=O)NN(c4ccccc4)C3=O)cc2Br)c1. The Bertz CT molecular complexity index is 1170. The summed E-state index contributed by atoms with van der Waals surface area (Å²) < 4.78 is 6.53. The number of para-hydroxylation sites is 1. The van der Waals surface area contributed by atoms with Gasteiger partial charge < -0.3 is 4.74 Å². The van der Waals surface area contributed by atoms with Gasteiger partial charge in [0.05, 0.1) is 15.2 Å². The Morgan fingerprint density at radius 3 is 2.55 bits per heavy atom. The Morgan fingerprint density at radius 1 is 1.06 bits per heavy atom. The lowest BCUT2D eigenvalue weighted by Gasteiger charge is -2.14. The number of ether oxygens (including phenoxy) is 1. The topological polar surface area (TPSA) is 58.6 Å². The van der Waals surface area contributed by atoms with Gasteiger partial charge in [0.1, 0.15) is 12.2 Å². The van der Waals surface area contributed by atoms with Crippen molar-refractivity contribution in [3.8, 4) is 5.75 Å². The maximum Gasteiger partial charge on any atom is 0.282 e. The molecular formula is C24H18BrClN2O3. The van der Waals surface area contributed by atoms with Crippen molar-refractivity contribution < 1.29 is 14.3 Å². The molecule has 0 bridgehead atoms. The first-order valence-corrected chi connectivity index (χ1v) is 10.7. The number of hydrogen-bond donors (Lipinski definition) is 1. The number of aryl methyl sites for hydroxylation is 1. The smallest absolute Gasteiger partial charge is 0.282 e. The lowest BCUT2D eigenvalue weighted by Crippen LogP contribution is -2.35. The molecule has 1 saturated heterocycles. The van der Waals surface area contributed by atoms with Gasteiger partial charge in [0, 0.05) is 0 Å². The van der Waals surface area contributed by atoms with Gasteiger partial charge in [-0.2, -0.15) is 0 Å². The zero-order valence-electron chi connectivity index (χ0n) is 16.6. The minimum atomic E-state index is -0.471. The second-order valence-electron chi connectivity index (χ2n) is 7.07. The van der Waals surface area contributed by atoms with Gasteiger partial charge in [0.25, 0.3) is 11.8 Å². The summed E-state index contributed by atoms with van der Waals surface area (Å²) >= 11 is 9.91. The summed E-state index contributed by atoms with van der Waals surface area (Å²) in [6, 6.07) is 20.4. The summed E-state index contributed by atoms with van der Waals surface area (Å²) in [5.41, 5.74) is 5.98. The Kier molecular flexibility index (Phi) is 6.11. The van der Waals surface area contributed by atoms with E-state index in [1.54, 1.807) is 36.4 Å². The van der Waals surface area contributed by atoms with E-state index >= 15 is 0 Å². The van der Waals surface area contributed by atoms with Crippen LogP contribution in [0.1, 0.15) is 16.7 Å². The van der Waals surface area contributed by atoms with Crippen LogP contribution in [0, 0.1) is 6.92 Å². The molecule has 4 rings (SSSR count). The fourth-order valence-corrected chi connectivity index (χ4v) is 4.23. The molecule has 0 radical (unpaired) electrons. The number of anilines is 1. The highest BCUT2D eigenvalue weighted by Crippen LogP contribution is 2.36. The van der Waals surface area contributed by atoms with Gasteiger partial charge in [-0.15, -0.1) is 0 Å². The van der Waals surface area contributed by atoms with Crippen LogP contribution in [0.25, 0.3) is 6.08 Å². The van der Waals surface area contributed by atoms with E-state index in [1.165, 1.54) is 11.1 Å². The second kappa shape index (κ2) is 8.96. The molecule has 2 amide bonds. The van der Waals surface area contributed by atoms with Crippen molar-refractivity contribution in [2.24, 2.45) is 0 Å². The standard InChI is InChI=1S/C24H18BrClN2O3/c1-15-6-5-7-16(10-15)14-31-22-20(25)12-17(13-21(22)26)11-19-23(29)27-28(24(19)30)18-8-3-2-4-9-18/h2-13H,14H2,1H3,(H,27,29)/b19-11-. The first-order chi connectivity index (χ1) is 14.9. The maximum atomic E-state index is 12.7. The van der Waals surface area contributed by atoms with Crippen LogP contribution in [-0.2, 0) is 16.2 Å². The Hall–Kier alpha value is -3.09. The third kappa shape index (κ3) is 4.65. The van der Waals surface area contributed by atoms with Crippen LogP contribution >= 0.6 is 27.5 Å². The van der Waals surface area contributed by atoms with Gasteiger partial charge in [-0.25, -0.2) is 5.01 Å². The average Bonchev–Trinajstić information content (AvgIpc) is 3.02. The van der Waals surface area contributed by atoms with Crippen molar-refractivity contribution in [1.29, 1.82) is 0 Å². The zero-order chi connectivity index (χ0) is 22.0. The molecular weight excluding hydrogens is 480 g/mol. The molecule has 0 atom stereocenters. The molecule has 1 aliphatic rings. The molecule has 5 nitrogen and oxygen atoms in total. The van der Waals surface area contributed by atoms with Crippen molar-refractivity contribution in [3.05, 3.63) is 98.5 Å². The van der Waals surface area contributed by atoms with Crippen LogP contribution in [-0.4, -0.2) is 11.8 Å². The lowest BCUT2D eigenvalue weighted by atomic mass is 10.1. The molecule has 1 fully saturated rings. The summed E-state index contributed by atoms with van der Waals surface area (Å²) in [5.74, 6) is -0.400. The fraction of sp³-hybridized carbons (Fsp3) is 0.0833. The second-order valence-corrected chi connectivity index (χ2v) is 8.33.